The first-order chi connectivity index (χ1) is 16.3. The van der Waals surface area contributed by atoms with Crippen molar-refractivity contribution in [2.45, 2.75) is 38.0 Å². The average Bonchev–Trinajstić information content (AvgIpc) is 3.02. The summed E-state index contributed by atoms with van der Waals surface area (Å²) in [5, 5.41) is 13.6. The van der Waals surface area contributed by atoms with Gasteiger partial charge in [-0.3, -0.25) is 4.79 Å². The van der Waals surface area contributed by atoms with Crippen LogP contribution in [0.1, 0.15) is 30.6 Å². The predicted molar refractivity (Wildman–Crippen MR) is 121 cm³/mol. The number of aromatic nitrogens is 1. The van der Waals surface area contributed by atoms with Crippen molar-refractivity contribution in [2.75, 3.05) is 44.8 Å². The molecule has 34 heavy (non-hydrogen) atoms. The number of piperazine rings is 1. The number of halogens is 2. The molecule has 3 aliphatic rings. The van der Waals surface area contributed by atoms with Crippen LogP contribution in [0.2, 0.25) is 0 Å². The van der Waals surface area contributed by atoms with E-state index in [0.29, 0.717) is 32.6 Å². The number of carbonyl (C=O) groups excluding carboxylic acids is 1. The molecule has 2 saturated heterocycles. The van der Waals surface area contributed by atoms with Gasteiger partial charge in [0.2, 0.25) is 0 Å². The van der Waals surface area contributed by atoms with E-state index >= 15 is 4.39 Å². The lowest BCUT2D eigenvalue weighted by Crippen LogP contribution is -2.55. The highest BCUT2D eigenvalue weighted by atomic mass is 19.1. The van der Waals surface area contributed by atoms with E-state index in [4.69, 9.17) is 9.47 Å². The number of ether oxygens (including phenoxy) is 2. The number of phenolic OH excluding ortho intramolecular Hbond substituents is 1. The number of rotatable bonds is 3. The SMILES string of the molecule is COC1CCN(c2nc(-c3c(O)cccc3F)c(F)c3c2C(=O)N2CCNC[C@@H]2CO3)C1(C)C. The molecule has 0 aliphatic carbocycles. The Balaban J connectivity index is 1.77. The molecule has 10 heteroatoms. The molecule has 5 rings (SSSR count). The normalized spacial score (nSPS) is 23.9. The Labute approximate surface area is 196 Å². The van der Waals surface area contributed by atoms with Crippen LogP contribution in [0, 0.1) is 11.6 Å². The molecule has 4 heterocycles. The van der Waals surface area contributed by atoms with E-state index in [2.05, 4.69) is 10.3 Å². The molecular formula is C24H28F2N4O4. The molecular weight excluding hydrogens is 446 g/mol. The van der Waals surface area contributed by atoms with Crippen molar-refractivity contribution < 1.29 is 28.2 Å². The second kappa shape index (κ2) is 8.35. The highest BCUT2D eigenvalue weighted by Crippen LogP contribution is 2.45. The summed E-state index contributed by atoms with van der Waals surface area (Å²) in [5.41, 5.74) is -1.33. The van der Waals surface area contributed by atoms with Crippen LogP contribution in [-0.4, -0.2) is 78.5 Å². The molecule has 8 nitrogen and oxygen atoms in total. The van der Waals surface area contributed by atoms with Gasteiger partial charge in [-0.15, -0.1) is 0 Å². The van der Waals surface area contributed by atoms with Crippen molar-refractivity contribution in [1.29, 1.82) is 0 Å². The largest absolute Gasteiger partial charge is 0.507 e. The molecule has 1 aromatic carbocycles. The van der Waals surface area contributed by atoms with E-state index in [0.717, 1.165) is 6.07 Å². The summed E-state index contributed by atoms with van der Waals surface area (Å²) in [6.07, 6.45) is 0.511. The van der Waals surface area contributed by atoms with E-state index < -0.39 is 28.6 Å². The number of nitrogens with one attached hydrogen (secondary N) is 1. The number of nitrogens with zero attached hydrogens (tertiary/aromatic N) is 3. The summed E-state index contributed by atoms with van der Waals surface area (Å²) in [5.74, 6) is -2.69. The van der Waals surface area contributed by atoms with Crippen molar-refractivity contribution in [1.82, 2.24) is 15.2 Å². The number of methoxy groups -OCH3 is 1. The number of phenols is 1. The van der Waals surface area contributed by atoms with Crippen LogP contribution in [0.4, 0.5) is 14.6 Å². The summed E-state index contributed by atoms with van der Waals surface area (Å²) in [7, 11) is 1.62. The van der Waals surface area contributed by atoms with E-state index in [9.17, 15) is 14.3 Å². The average molecular weight is 475 g/mol. The maximum atomic E-state index is 15.9. The van der Waals surface area contributed by atoms with E-state index in [1.54, 1.807) is 12.0 Å². The Morgan fingerprint density at radius 2 is 2.06 bits per heavy atom. The Morgan fingerprint density at radius 1 is 1.26 bits per heavy atom. The van der Waals surface area contributed by atoms with Gasteiger partial charge in [-0.25, -0.2) is 13.8 Å². The van der Waals surface area contributed by atoms with Crippen molar-refractivity contribution in [3.63, 3.8) is 0 Å². The third kappa shape index (κ3) is 3.39. The van der Waals surface area contributed by atoms with Crippen molar-refractivity contribution >= 4 is 11.7 Å². The van der Waals surface area contributed by atoms with Gasteiger partial charge in [-0.1, -0.05) is 6.07 Å². The molecule has 1 unspecified atom stereocenters. The number of carbonyl (C=O) groups is 1. The molecule has 0 radical (unpaired) electrons. The zero-order chi connectivity index (χ0) is 24.2. The third-order valence-electron chi connectivity index (χ3n) is 7.19. The van der Waals surface area contributed by atoms with Crippen LogP contribution in [-0.2, 0) is 4.74 Å². The van der Waals surface area contributed by atoms with Crippen LogP contribution in [0.25, 0.3) is 11.3 Å². The van der Waals surface area contributed by atoms with Gasteiger partial charge in [0.25, 0.3) is 5.91 Å². The monoisotopic (exact) mass is 474 g/mol. The minimum Gasteiger partial charge on any atom is -0.507 e. The fourth-order valence-corrected chi connectivity index (χ4v) is 5.31. The highest BCUT2D eigenvalue weighted by Gasteiger charge is 2.46. The van der Waals surface area contributed by atoms with Gasteiger partial charge in [-0.2, -0.15) is 0 Å². The van der Waals surface area contributed by atoms with Crippen LogP contribution in [0.5, 0.6) is 11.5 Å². The first-order valence-corrected chi connectivity index (χ1v) is 11.4. The second-order valence-corrected chi connectivity index (χ2v) is 9.42. The Hall–Kier alpha value is -2.98. The molecule has 0 saturated carbocycles. The van der Waals surface area contributed by atoms with Gasteiger partial charge < -0.3 is 29.7 Å². The maximum Gasteiger partial charge on any atom is 0.261 e. The predicted octanol–water partition coefficient (Wildman–Crippen LogP) is 2.54. The van der Waals surface area contributed by atoms with Gasteiger partial charge in [0.05, 0.1) is 23.2 Å². The minimum absolute atomic E-state index is 0.0197. The van der Waals surface area contributed by atoms with Crippen molar-refractivity contribution in [3.05, 3.63) is 35.4 Å². The van der Waals surface area contributed by atoms with Crippen LogP contribution >= 0.6 is 0 Å². The summed E-state index contributed by atoms with van der Waals surface area (Å²) < 4.78 is 42.3. The molecule has 2 fully saturated rings. The zero-order valence-electron chi connectivity index (χ0n) is 19.4. The summed E-state index contributed by atoms with van der Waals surface area (Å²) in [6, 6.07) is 3.45. The van der Waals surface area contributed by atoms with Crippen LogP contribution in [0.3, 0.4) is 0 Å². The number of benzene rings is 1. The van der Waals surface area contributed by atoms with Crippen LogP contribution < -0.4 is 15.0 Å². The zero-order valence-corrected chi connectivity index (χ0v) is 19.4. The molecule has 2 aromatic rings. The van der Waals surface area contributed by atoms with E-state index in [1.807, 2.05) is 18.7 Å². The lowest BCUT2D eigenvalue weighted by molar-refractivity contribution is 0.0603. The lowest BCUT2D eigenvalue weighted by atomic mass is 9.97. The quantitative estimate of drug-likeness (QED) is 0.707. The topological polar surface area (TPSA) is 87.2 Å². The summed E-state index contributed by atoms with van der Waals surface area (Å²) in [4.78, 5) is 21.9. The first kappa shape index (κ1) is 22.8. The fraction of sp³-hybridized carbons (Fsp3) is 0.500. The third-order valence-corrected chi connectivity index (χ3v) is 7.19. The fourth-order valence-electron chi connectivity index (χ4n) is 5.31. The summed E-state index contributed by atoms with van der Waals surface area (Å²) in [6.45, 7) is 6.09. The van der Waals surface area contributed by atoms with Gasteiger partial charge in [0, 0.05) is 33.3 Å². The number of hydrogen-bond acceptors (Lipinski definition) is 7. The van der Waals surface area contributed by atoms with Crippen molar-refractivity contribution in [3.8, 4) is 22.8 Å². The van der Waals surface area contributed by atoms with Gasteiger partial charge in [0.15, 0.2) is 11.6 Å². The van der Waals surface area contributed by atoms with Crippen LogP contribution in [0.15, 0.2) is 18.2 Å². The van der Waals surface area contributed by atoms with Gasteiger partial charge in [0.1, 0.15) is 35.2 Å². The first-order valence-electron chi connectivity index (χ1n) is 11.4. The molecule has 2 atom stereocenters. The number of hydrogen-bond donors (Lipinski definition) is 2. The standard InChI is InChI=1S/C24H28F2N4O4/c1-24(2)16(33-3)7-9-30(24)22-18-21(34-12-13-11-27-8-10-29(13)23(18)32)19(26)20(28-22)17-14(25)5-4-6-15(17)31/h4-6,13,16,27,31H,7-12H2,1-3H3/t13-,16?/m1/s1. The van der Waals surface area contributed by atoms with Crippen molar-refractivity contribution in [2.24, 2.45) is 0 Å². The molecule has 1 amide bonds. The molecule has 182 valence electrons. The maximum absolute atomic E-state index is 15.9. The number of aromatic hydroxyl groups is 1. The molecule has 1 aromatic heterocycles. The number of fused-ring (bicyclic) bond motifs is 2. The minimum atomic E-state index is -0.972. The number of amides is 1. The molecule has 2 N–H and O–H groups in total. The lowest BCUT2D eigenvalue weighted by Gasteiger charge is -2.38. The second-order valence-electron chi connectivity index (χ2n) is 9.42. The van der Waals surface area contributed by atoms with Gasteiger partial charge in [-0.05, 0) is 32.4 Å². The summed E-state index contributed by atoms with van der Waals surface area (Å²) >= 11 is 0. The van der Waals surface area contributed by atoms with E-state index in [-0.39, 0.29) is 47.4 Å². The van der Waals surface area contributed by atoms with Gasteiger partial charge >= 0.3 is 0 Å². The highest BCUT2D eigenvalue weighted by molar-refractivity contribution is 6.03. The molecule has 0 spiro atoms. The Kier molecular flexibility index (Phi) is 5.60. The molecule has 3 aliphatic heterocycles. The molecule has 0 bridgehead atoms. The number of pyridine rings is 1. The smallest absolute Gasteiger partial charge is 0.261 e. The number of anilines is 1. The Morgan fingerprint density at radius 3 is 2.76 bits per heavy atom. The van der Waals surface area contributed by atoms with E-state index in [1.165, 1.54) is 12.1 Å². The Bertz CT molecular complexity index is 1120.